The molecule has 2 aliphatic heterocycles. The lowest BCUT2D eigenvalue weighted by atomic mass is 9.88. The quantitative estimate of drug-likeness (QED) is 0.552. The van der Waals surface area contributed by atoms with Crippen LogP contribution in [-0.4, -0.2) is 28.3 Å². The minimum Gasteiger partial charge on any atom is -0.379 e. The first-order valence-electron chi connectivity index (χ1n) is 11.2. The van der Waals surface area contributed by atoms with Gasteiger partial charge in [0.1, 0.15) is 0 Å². The van der Waals surface area contributed by atoms with E-state index in [1.165, 1.54) is 0 Å². The molecular weight excluding hydrogens is 424 g/mol. The number of carbonyl (C=O) groups excluding carboxylic acids is 1. The maximum Gasteiger partial charge on any atom is 0.264 e. The van der Waals surface area contributed by atoms with Gasteiger partial charge in [0, 0.05) is 49.1 Å². The number of hydrogen-bond acceptors (Lipinski definition) is 4. The molecule has 33 heavy (non-hydrogen) atoms. The van der Waals surface area contributed by atoms with Gasteiger partial charge in [-0.15, -0.1) is 0 Å². The number of carbonyl (C=O) groups is 1. The summed E-state index contributed by atoms with van der Waals surface area (Å²) in [4.78, 5) is 14.3. The molecule has 0 aliphatic carbocycles. The molecule has 3 aromatic rings. The summed E-state index contributed by atoms with van der Waals surface area (Å²) in [7, 11) is 1.78. The van der Waals surface area contributed by atoms with E-state index in [1.54, 1.807) is 30.2 Å². The fraction of sp³-hybridized carbons (Fsp3) is 0.360. The normalized spacial score (nSPS) is 20.1. The Hall–Kier alpha value is -3.42. The SMILES string of the molecule is C[C@@H]1Cc2cc(-c3cnn(C)c3)c(C(F)F)cc2N(c2cccc3c2N[C@H](C)CC(=O)N3)C1. The largest absolute Gasteiger partial charge is 0.379 e. The van der Waals surface area contributed by atoms with E-state index in [0.717, 1.165) is 29.0 Å². The van der Waals surface area contributed by atoms with Crippen molar-refractivity contribution in [1.29, 1.82) is 0 Å². The van der Waals surface area contributed by atoms with Crippen molar-refractivity contribution in [3.05, 3.63) is 53.9 Å². The Morgan fingerprint density at radius 2 is 1.97 bits per heavy atom. The second kappa shape index (κ2) is 8.17. The standard InChI is InChI=1S/C25H27F2N5O/c1-14-7-16-9-18(17-11-28-31(3)13-17)19(25(26)27)10-22(16)32(12-14)21-6-4-5-20-24(21)29-15(2)8-23(33)30-20/h4-6,9-11,13-15,25,29H,7-8,12H2,1-3H3,(H,30,33)/t14-,15-/m1/s1. The van der Waals surface area contributed by atoms with Crippen molar-refractivity contribution in [2.24, 2.45) is 13.0 Å². The van der Waals surface area contributed by atoms with Gasteiger partial charge in [-0.1, -0.05) is 13.0 Å². The Morgan fingerprint density at radius 3 is 2.70 bits per heavy atom. The molecule has 2 aliphatic rings. The Kier molecular flexibility index (Phi) is 5.31. The van der Waals surface area contributed by atoms with Gasteiger partial charge in [0.05, 0.1) is 23.3 Å². The molecule has 0 radical (unpaired) electrons. The molecule has 0 fully saturated rings. The highest BCUT2D eigenvalue weighted by molar-refractivity contribution is 6.00. The van der Waals surface area contributed by atoms with Crippen molar-refractivity contribution in [3.63, 3.8) is 0 Å². The first-order chi connectivity index (χ1) is 15.8. The predicted octanol–water partition coefficient (Wildman–Crippen LogP) is 5.50. The van der Waals surface area contributed by atoms with Crippen LogP contribution in [0.4, 0.5) is 31.5 Å². The van der Waals surface area contributed by atoms with Gasteiger partial charge in [0.2, 0.25) is 5.91 Å². The number of fused-ring (bicyclic) bond motifs is 2. The number of aromatic nitrogens is 2. The van der Waals surface area contributed by atoms with Crippen LogP contribution >= 0.6 is 0 Å². The highest BCUT2D eigenvalue weighted by atomic mass is 19.3. The molecule has 0 saturated heterocycles. The zero-order valence-corrected chi connectivity index (χ0v) is 18.9. The van der Waals surface area contributed by atoms with Crippen molar-refractivity contribution in [1.82, 2.24) is 9.78 Å². The molecule has 6 nitrogen and oxygen atoms in total. The Morgan fingerprint density at radius 1 is 1.15 bits per heavy atom. The lowest BCUT2D eigenvalue weighted by Gasteiger charge is -2.37. The Bertz CT molecular complexity index is 1220. The summed E-state index contributed by atoms with van der Waals surface area (Å²) < 4.78 is 30.0. The summed E-state index contributed by atoms with van der Waals surface area (Å²) in [5.74, 6) is 0.282. The van der Waals surface area contributed by atoms with Crippen molar-refractivity contribution in [2.45, 2.75) is 39.2 Å². The van der Waals surface area contributed by atoms with Crippen LogP contribution in [0.1, 0.15) is 37.8 Å². The van der Waals surface area contributed by atoms with Crippen molar-refractivity contribution in [2.75, 3.05) is 22.1 Å². The average Bonchev–Trinajstić information content (AvgIpc) is 3.12. The summed E-state index contributed by atoms with van der Waals surface area (Å²) in [5.41, 5.74) is 5.44. The number of para-hydroxylation sites is 1. The number of amides is 1. The Labute approximate surface area is 191 Å². The molecule has 2 N–H and O–H groups in total. The van der Waals surface area contributed by atoms with Crippen LogP contribution in [-0.2, 0) is 18.3 Å². The number of alkyl halides is 2. The van der Waals surface area contributed by atoms with Crippen LogP contribution in [0.5, 0.6) is 0 Å². The topological polar surface area (TPSA) is 62.2 Å². The van der Waals surface area contributed by atoms with Crippen molar-refractivity contribution < 1.29 is 13.6 Å². The summed E-state index contributed by atoms with van der Waals surface area (Å²) in [6.07, 6.45) is 1.95. The lowest BCUT2D eigenvalue weighted by molar-refractivity contribution is -0.116. The Balaban J connectivity index is 1.67. The van der Waals surface area contributed by atoms with Gasteiger partial charge in [0.25, 0.3) is 6.43 Å². The zero-order chi connectivity index (χ0) is 23.3. The summed E-state index contributed by atoms with van der Waals surface area (Å²) in [5, 5.41) is 10.6. The predicted molar refractivity (Wildman–Crippen MR) is 126 cm³/mol. The molecule has 1 aromatic heterocycles. The number of aryl methyl sites for hydroxylation is 1. The molecule has 0 unspecified atom stereocenters. The smallest absolute Gasteiger partial charge is 0.264 e. The fourth-order valence-corrected chi connectivity index (χ4v) is 4.93. The van der Waals surface area contributed by atoms with Gasteiger partial charge in [-0.3, -0.25) is 9.48 Å². The van der Waals surface area contributed by atoms with Crippen LogP contribution in [0.15, 0.2) is 42.7 Å². The number of anilines is 4. The molecule has 2 aromatic carbocycles. The van der Waals surface area contributed by atoms with Gasteiger partial charge in [-0.2, -0.15) is 5.10 Å². The third kappa shape index (κ3) is 3.94. The summed E-state index contributed by atoms with van der Waals surface area (Å²) in [6.45, 7) is 4.83. The van der Waals surface area contributed by atoms with Crippen LogP contribution < -0.4 is 15.5 Å². The average molecular weight is 452 g/mol. The van der Waals surface area contributed by atoms with Crippen LogP contribution in [0, 0.1) is 5.92 Å². The van der Waals surface area contributed by atoms with Crippen molar-refractivity contribution >= 4 is 28.7 Å². The molecule has 0 saturated carbocycles. The summed E-state index contributed by atoms with van der Waals surface area (Å²) >= 11 is 0. The number of halogens is 2. The van der Waals surface area contributed by atoms with Gasteiger partial charge in [0.15, 0.2) is 0 Å². The second-order valence-electron chi connectivity index (χ2n) is 9.19. The molecule has 0 spiro atoms. The van der Waals surface area contributed by atoms with E-state index in [0.29, 0.717) is 35.7 Å². The molecular formula is C25H27F2N5O. The second-order valence-corrected chi connectivity index (χ2v) is 9.19. The van der Waals surface area contributed by atoms with E-state index in [9.17, 15) is 13.6 Å². The monoisotopic (exact) mass is 451 g/mol. The lowest BCUT2D eigenvalue weighted by Crippen LogP contribution is -2.31. The van der Waals surface area contributed by atoms with Gasteiger partial charge < -0.3 is 15.5 Å². The minimum absolute atomic E-state index is 0.00189. The van der Waals surface area contributed by atoms with Gasteiger partial charge >= 0.3 is 0 Å². The molecule has 5 rings (SSSR count). The summed E-state index contributed by atoms with van der Waals surface area (Å²) in [6, 6.07) is 9.23. The number of nitrogens with one attached hydrogen (secondary N) is 2. The van der Waals surface area contributed by atoms with Crippen molar-refractivity contribution in [3.8, 4) is 11.1 Å². The molecule has 2 atom stereocenters. The number of rotatable bonds is 3. The molecule has 8 heteroatoms. The highest BCUT2D eigenvalue weighted by Gasteiger charge is 2.30. The van der Waals surface area contributed by atoms with Gasteiger partial charge in [-0.25, -0.2) is 8.78 Å². The van der Waals surface area contributed by atoms with E-state index < -0.39 is 6.43 Å². The maximum absolute atomic E-state index is 14.2. The van der Waals surface area contributed by atoms with Crippen LogP contribution in [0.25, 0.3) is 11.1 Å². The highest BCUT2D eigenvalue weighted by Crippen LogP contribution is 2.46. The number of nitrogens with zero attached hydrogens (tertiary/aromatic N) is 3. The van der Waals surface area contributed by atoms with Crippen LogP contribution in [0.3, 0.4) is 0 Å². The first kappa shape index (κ1) is 21.4. The third-order valence-corrected chi connectivity index (χ3v) is 6.34. The van der Waals surface area contributed by atoms with Crippen LogP contribution in [0.2, 0.25) is 0 Å². The first-order valence-corrected chi connectivity index (χ1v) is 11.2. The third-order valence-electron chi connectivity index (χ3n) is 6.34. The molecule has 1 amide bonds. The van der Waals surface area contributed by atoms with E-state index in [4.69, 9.17) is 0 Å². The van der Waals surface area contributed by atoms with Gasteiger partial charge in [-0.05, 0) is 54.7 Å². The fourth-order valence-electron chi connectivity index (χ4n) is 4.93. The van der Waals surface area contributed by atoms with E-state index in [-0.39, 0.29) is 17.5 Å². The molecule has 0 bridgehead atoms. The van der Waals surface area contributed by atoms with E-state index in [2.05, 4.69) is 27.6 Å². The van der Waals surface area contributed by atoms with E-state index in [1.807, 2.05) is 31.2 Å². The number of hydrogen-bond donors (Lipinski definition) is 2. The minimum atomic E-state index is -2.61. The number of benzene rings is 2. The van der Waals surface area contributed by atoms with E-state index >= 15 is 0 Å². The maximum atomic E-state index is 14.2. The molecule has 172 valence electrons. The molecule has 3 heterocycles. The zero-order valence-electron chi connectivity index (χ0n) is 18.9.